The van der Waals surface area contributed by atoms with Gasteiger partial charge in [0.1, 0.15) is 6.04 Å². The van der Waals surface area contributed by atoms with Gasteiger partial charge in [0.2, 0.25) is 5.91 Å². The molecule has 30 heavy (non-hydrogen) atoms. The number of anilines is 1. The van der Waals surface area contributed by atoms with Gasteiger partial charge < -0.3 is 15.1 Å². The second kappa shape index (κ2) is 9.04. The van der Waals surface area contributed by atoms with E-state index in [1.807, 2.05) is 0 Å². The fourth-order valence-electron chi connectivity index (χ4n) is 2.75. The number of nitrogens with one attached hydrogen (secondary N) is 2. The van der Waals surface area contributed by atoms with Crippen LogP contribution in [0.25, 0.3) is 0 Å². The van der Waals surface area contributed by atoms with Crippen LogP contribution in [0, 0.1) is 0 Å². The highest BCUT2D eigenvalue weighted by atomic mass is 35.5. The highest BCUT2D eigenvalue weighted by Gasteiger charge is 2.33. The molecule has 0 saturated carbocycles. The predicted octanol–water partition coefficient (Wildman–Crippen LogP) is 4.93. The van der Waals surface area contributed by atoms with Gasteiger partial charge in [-0.25, -0.2) is 0 Å². The van der Waals surface area contributed by atoms with Gasteiger partial charge in [0.05, 0.1) is 16.8 Å². The Morgan fingerprint density at radius 3 is 2.40 bits per heavy atom. The van der Waals surface area contributed by atoms with Gasteiger partial charge in [-0.05, 0) is 35.9 Å². The van der Waals surface area contributed by atoms with E-state index in [1.165, 1.54) is 24.5 Å². The van der Waals surface area contributed by atoms with Crippen LogP contribution in [-0.2, 0) is 17.4 Å². The molecule has 5 nitrogen and oxygen atoms in total. The second-order valence-electron chi connectivity index (χ2n) is 6.37. The molecule has 3 aromatic rings. The maximum Gasteiger partial charge on any atom is 0.417 e. The lowest BCUT2D eigenvalue weighted by Crippen LogP contribution is -2.45. The zero-order valence-electron chi connectivity index (χ0n) is 15.4. The maximum atomic E-state index is 13.1. The van der Waals surface area contributed by atoms with E-state index >= 15 is 0 Å². The minimum Gasteiger partial charge on any atom is -0.459 e. The van der Waals surface area contributed by atoms with Crippen molar-refractivity contribution in [3.05, 3.63) is 88.8 Å². The van der Waals surface area contributed by atoms with Crippen LogP contribution >= 0.6 is 11.6 Å². The molecular weight excluding hydrogens is 421 g/mol. The maximum absolute atomic E-state index is 13.1. The normalized spacial score (nSPS) is 12.3. The molecular formula is C21H16ClF3N2O3. The van der Waals surface area contributed by atoms with Gasteiger partial charge in [0.15, 0.2) is 5.76 Å². The molecule has 0 aliphatic carbocycles. The first-order valence-electron chi connectivity index (χ1n) is 8.80. The fraction of sp³-hybridized carbons (Fsp3) is 0.143. The first-order valence-corrected chi connectivity index (χ1v) is 9.18. The van der Waals surface area contributed by atoms with Crippen LogP contribution in [0.2, 0.25) is 5.02 Å². The highest BCUT2D eigenvalue weighted by molar-refractivity contribution is 6.31. The third-order valence-electron chi connectivity index (χ3n) is 4.19. The number of amides is 2. The molecule has 2 N–H and O–H groups in total. The van der Waals surface area contributed by atoms with Gasteiger partial charge in [0.25, 0.3) is 5.91 Å². The Kier molecular flexibility index (Phi) is 6.47. The molecule has 0 spiro atoms. The van der Waals surface area contributed by atoms with E-state index in [1.54, 1.807) is 30.3 Å². The summed E-state index contributed by atoms with van der Waals surface area (Å²) in [5.41, 5.74) is -0.410. The third-order valence-corrected chi connectivity index (χ3v) is 4.52. The summed E-state index contributed by atoms with van der Waals surface area (Å²) in [5, 5.41) is 4.48. The average molecular weight is 437 g/mol. The van der Waals surface area contributed by atoms with Crippen LogP contribution < -0.4 is 10.6 Å². The van der Waals surface area contributed by atoms with Crippen molar-refractivity contribution < 1.29 is 27.2 Å². The van der Waals surface area contributed by atoms with Gasteiger partial charge in [0, 0.05) is 12.1 Å². The molecule has 0 saturated heterocycles. The van der Waals surface area contributed by atoms with Gasteiger partial charge >= 0.3 is 6.18 Å². The fourth-order valence-corrected chi connectivity index (χ4v) is 2.97. The Morgan fingerprint density at radius 1 is 1.03 bits per heavy atom. The van der Waals surface area contributed by atoms with E-state index in [-0.39, 0.29) is 17.9 Å². The standard InChI is InChI=1S/C21H16ClF3N2O3/c22-16-9-8-14(12-15(16)21(23,24)25)26-19(28)17(11-13-5-2-1-3-6-13)27-20(29)18-7-4-10-30-18/h1-10,12,17H,11H2,(H,26,28)(H,27,29)/t17-/m0/s1. The molecule has 9 heteroatoms. The lowest BCUT2D eigenvalue weighted by Gasteiger charge is -2.19. The molecule has 0 fully saturated rings. The smallest absolute Gasteiger partial charge is 0.417 e. The first kappa shape index (κ1) is 21.4. The topological polar surface area (TPSA) is 71.3 Å². The molecule has 1 aromatic heterocycles. The molecule has 156 valence electrons. The van der Waals surface area contributed by atoms with Crippen molar-refractivity contribution in [1.29, 1.82) is 0 Å². The third kappa shape index (κ3) is 5.42. The van der Waals surface area contributed by atoms with E-state index in [0.717, 1.165) is 17.7 Å². The Morgan fingerprint density at radius 2 is 1.77 bits per heavy atom. The van der Waals surface area contributed by atoms with Crippen molar-refractivity contribution in [3.63, 3.8) is 0 Å². The van der Waals surface area contributed by atoms with Crippen LogP contribution in [-0.4, -0.2) is 17.9 Å². The monoisotopic (exact) mass is 436 g/mol. The Hall–Kier alpha value is -3.26. The summed E-state index contributed by atoms with van der Waals surface area (Å²) < 4.78 is 44.3. The van der Waals surface area contributed by atoms with Gasteiger partial charge in [-0.3, -0.25) is 9.59 Å². The van der Waals surface area contributed by atoms with Crippen LogP contribution in [0.15, 0.2) is 71.3 Å². The lowest BCUT2D eigenvalue weighted by atomic mass is 10.0. The Labute approximate surface area is 174 Å². The summed E-state index contributed by atoms with van der Waals surface area (Å²) in [6.07, 6.45) is -3.23. The first-order chi connectivity index (χ1) is 14.2. The molecule has 2 amide bonds. The minimum absolute atomic E-state index is 0.00622. The van der Waals surface area contributed by atoms with Gasteiger partial charge in [-0.2, -0.15) is 13.2 Å². The van der Waals surface area contributed by atoms with Crippen LogP contribution in [0.4, 0.5) is 18.9 Å². The molecule has 0 aliphatic heterocycles. The summed E-state index contributed by atoms with van der Waals surface area (Å²) in [6, 6.07) is 13.8. The number of benzene rings is 2. The van der Waals surface area contributed by atoms with Crippen LogP contribution in [0.5, 0.6) is 0 Å². The minimum atomic E-state index is -4.67. The number of alkyl halides is 3. The van der Waals surface area contributed by atoms with Crippen LogP contribution in [0.1, 0.15) is 21.7 Å². The number of hydrogen-bond donors (Lipinski definition) is 2. The predicted molar refractivity (Wildman–Crippen MR) is 105 cm³/mol. The molecule has 1 heterocycles. The quantitative estimate of drug-likeness (QED) is 0.575. The van der Waals surface area contributed by atoms with E-state index < -0.39 is 34.6 Å². The van der Waals surface area contributed by atoms with Crippen molar-refractivity contribution >= 4 is 29.1 Å². The molecule has 3 rings (SSSR count). The van der Waals surface area contributed by atoms with Crippen molar-refractivity contribution in [1.82, 2.24) is 5.32 Å². The van der Waals surface area contributed by atoms with Crippen molar-refractivity contribution in [2.24, 2.45) is 0 Å². The summed E-state index contributed by atoms with van der Waals surface area (Å²) in [6.45, 7) is 0. The number of hydrogen-bond acceptors (Lipinski definition) is 3. The summed E-state index contributed by atoms with van der Waals surface area (Å²) >= 11 is 5.61. The number of carbonyl (C=O) groups excluding carboxylic acids is 2. The Bertz CT molecular complexity index is 1020. The van der Waals surface area contributed by atoms with E-state index in [9.17, 15) is 22.8 Å². The van der Waals surface area contributed by atoms with Crippen LogP contribution in [0.3, 0.4) is 0 Å². The zero-order chi connectivity index (χ0) is 21.7. The van der Waals surface area contributed by atoms with E-state index in [0.29, 0.717) is 0 Å². The van der Waals surface area contributed by atoms with E-state index in [4.69, 9.17) is 16.0 Å². The summed E-state index contributed by atoms with van der Waals surface area (Å²) in [7, 11) is 0. The zero-order valence-corrected chi connectivity index (χ0v) is 16.1. The number of halogens is 4. The number of rotatable bonds is 6. The van der Waals surface area contributed by atoms with Gasteiger partial charge in [-0.15, -0.1) is 0 Å². The number of carbonyl (C=O) groups is 2. The molecule has 1 atom stereocenters. The van der Waals surface area contributed by atoms with Crippen molar-refractivity contribution in [2.45, 2.75) is 18.6 Å². The van der Waals surface area contributed by atoms with Crippen molar-refractivity contribution in [3.8, 4) is 0 Å². The lowest BCUT2D eigenvalue weighted by molar-refractivity contribution is -0.137. The number of furan rings is 1. The summed E-state index contributed by atoms with van der Waals surface area (Å²) in [4.78, 5) is 25.1. The Balaban J connectivity index is 1.82. The molecule has 0 bridgehead atoms. The highest BCUT2D eigenvalue weighted by Crippen LogP contribution is 2.36. The summed E-state index contributed by atoms with van der Waals surface area (Å²) in [5.74, 6) is -1.30. The largest absolute Gasteiger partial charge is 0.459 e. The molecule has 0 radical (unpaired) electrons. The van der Waals surface area contributed by atoms with E-state index in [2.05, 4.69) is 10.6 Å². The average Bonchev–Trinajstić information content (AvgIpc) is 3.24. The SMILES string of the molecule is O=C(N[C@@H](Cc1ccccc1)C(=O)Nc1ccc(Cl)c(C(F)(F)F)c1)c1ccco1. The second-order valence-corrected chi connectivity index (χ2v) is 6.78. The van der Waals surface area contributed by atoms with Crippen molar-refractivity contribution in [2.75, 3.05) is 5.32 Å². The molecule has 0 aliphatic rings. The molecule has 2 aromatic carbocycles. The van der Waals surface area contributed by atoms with Gasteiger partial charge in [-0.1, -0.05) is 41.9 Å². The molecule has 0 unspecified atom stereocenters.